The zero-order valence-electron chi connectivity index (χ0n) is 11.3. The molecule has 1 heterocycles. The summed E-state index contributed by atoms with van der Waals surface area (Å²) in [6, 6.07) is 2.76. The maximum atomic E-state index is 11.8. The van der Waals surface area contributed by atoms with Crippen LogP contribution in [0.15, 0.2) is 16.9 Å². The first-order chi connectivity index (χ1) is 8.41. The minimum absolute atomic E-state index is 0.0629. The Balaban J connectivity index is 2.75. The van der Waals surface area contributed by atoms with E-state index in [4.69, 9.17) is 0 Å². The Morgan fingerprint density at radius 3 is 2.67 bits per heavy atom. The van der Waals surface area contributed by atoms with Gasteiger partial charge in [-0.1, -0.05) is 0 Å². The maximum Gasteiger partial charge on any atom is 0.271 e. The van der Waals surface area contributed by atoms with Gasteiger partial charge in [0.2, 0.25) is 0 Å². The van der Waals surface area contributed by atoms with Gasteiger partial charge in [0.1, 0.15) is 5.69 Å². The summed E-state index contributed by atoms with van der Waals surface area (Å²) in [5, 5.41) is 6.81. The van der Waals surface area contributed by atoms with Crippen LogP contribution in [0.4, 0.5) is 0 Å². The van der Waals surface area contributed by atoms with Gasteiger partial charge in [0.25, 0.3) is 11.5 Å². The van der Waals surface area contributed by atoms with Crippen LogP contribution in [0, 0.1) is 0 Å². The molecule has 0 radical (unpaired) electrons. The highest BCUT2D eigenvalue weighted by molar-refractivity contribution is 5.91. The molecule has 0 aliphatic carbocycles. The minimum atomic E-state index is -0.258. The molecule has 18 heavy (non-hydrogen) atoms. The van der Waals surface area contributed by atoms with Gasteiger partial charge in [-0.05, 0) is 34.0 Å². The first kappa shape index (κ1) is 14.4. The first-order valence-electron chi connectivity index (χ1n) is 5.94. The lowest BCUT2D eigenvalue weighted by molar-refractivity contribution is 0.0943. The van der Waals surface area contributed by atoms with Crippen molar-refractivity contribution in [1.29, 1.82) is 0 Å². The third-order valence-electron chi connectivity index (χ3n) is 2.39. The second kappa shape index (κ2) is 6.30. The Morgan fingerprint density at radius 1 is 1.44 bits per heavy atom. The van der Waals surface area contributed by atoms with Crippen molar-refractivity contribution >= 4 is 5.91 Å². The molecular weight excluding hydrogens is 232 g/mol. The predicted molar refractivity (Wildman–Crippen MR) is 69.8 cm³/mol. The average molecular weight is 252 g/mol. The standard InChI is InChI=1S/C12H20N4O2/c1-9(2)16-11(17)6-5-10(14-16)12(18)13-7-8-15(3)4/h5-6,9H,7-8H2,1-4H3,(H,13,18). The Hall–Kier alpha value is -1.69. The molecule has 0 saturated carbocycles. The fourth-order valence-corrected chi connectivity index (χ4v) is 1.40. The van der Waals surface area contributed by atoms with Gasteiger partial charge in [0.15, 0.2) is 0 Å². The van der Waals surface area contributed by atoms with Crippen LogP contribution in [0.5, 0.6) is 0 Å². The number of likely N-dealkylation sites (N-methyl/N-ethyl adjacent to an activating group) is 1. The molecule has 1 amide bonds. The van der Waals surface area contributed by atoms with Gasteiger partial charge >= 0.3 is 0 Å². The maximum absolute atomic E-state index is 11.8. The molecule has 0 bridgehead atoms. The summed E-state index contributed by atoms with van der Waals surface area (Å²) in [4.78, 5) is 25.3. The fourth-order valence-electron chi connectivity index (χ4n) is 1.40. The Bertz CT molecular complexity index is 465. The lowest BCUT2D eigenvalue weighted by Crippen LogP contribution is -2.34. The van der Waals surface area contributed by atoms with Crippen molar-refractivity contribution in [3.05, 3.63) is 28.2 Å². The molecule has 6 heteroatoms. The van der Waals surface area contributed by atoms with E-state index in [1.54, 1.807) is 0 Å². The van der Waals surface area contributed by atoms with Crippen LogP contribution in [-0.4, -0.2) is 47.8 Å². The third kappa shape index (κ3) is 3.96. The molecule has 6 nitrogen and oxygen atoms in total. The molecule has 1 aromatic rings. The van der Waals surface area contributed by atoms with E-state index in [1.165, 1.54) is 16.8 Å². The molecule has 0 spiro atoms. The molecule has 1 N–H and O–H groups in total. The topological polar surface area (TPSA) is 67.2 Å². The van der Waals surface area contributed by atoms with E-state index in [0.29, 0.717) is 6.54 Å². The summed E-state index contributed by atoms with van der Waals surface area (Å²) in [6.45, 7) is 5.01. The van der Waals surface area contributed by atoms with Crippen molar-refractivity contribution in [2.24, 2.45) is 0 Å². The predicted octanol–water partition coefficient (Wildman–Crippen LogP) is 0.116. The smallest absolute Gasteiger partial charge is 0.271 e. The van der Waals surface area contributed by atoms with Crippen molar-refractivity contribution < 1.29 is 4.79 Å². The Morgan fingerprint density at radius 2 is 2.11 bits per heavy atom. The number of nitrogens with one attached hydrogen (secondary N) is 1. The van der Waals surface area contributed by atoms with Crippen LogP contribution >= 0.6 is 0 Å². The molecule has 100 valence electrons. The van der Waals surface area contributed by atoms with Gasteiger partial charge in [-0.2, -0.15) is 5.10 Å². The molecular formula is C12H20N4O2. The number of aromatic nitrogens is 2. The first-order valence-corrected chi connectivity index (χ1v) is 5.94. The van der Waals surface area contributed by atoms with Crippen molar-refractivity contribution in [2.75, 3.05) is 27.2 Å². The van der Waals surface area contributed by atoms with Gasteiger partial charge < -0.3 is 10.2 Å². The number of carbonyl (C=O) groups is 1. The zero-order valence-corrected chi connectivity index (χ0v) is 11.3. The van der Waals surface area contributed by atoms with Crippen molar-refractivity contribution in [3.8, 4) is 0 Å². The van der Waals surface area contributed by atoms with E-state index in [1.807, 2.05) is 32.8 Å². The van der Waals surface area contributed by atoms with Gasteiger partial charge in [-0.3, -0.25) is 9.59 Å². The lowest BCUT2D eigenvalue weighted by Gasteiger charge is -2.12. The zero-order chi connectivity index (χ0) is 13.7. The highest BCUT2D eigenvalue weighted by Crippen LogP contribution is 1.98. The molecule has 0 aliphatic heterocycles. The van der Waals surface area contributed by atoms with Crippen molar-refractivity contribution in [2.45, 2.75) is 19.9 Å². The van der Waals surface area contributed by atoms with E-state index >= 15 is 0 Å². The second-order valence-electron chi connectivity index (χ2n) is 4.65. The molecule has 0 aliphatic rings. The van der Waals surface area contributed by atoms with E-state index in [0.717, 1.165) is 6.54 Å². The molecule has 0 unspecified atom stereocenters. The summed E-state index contributed by atoms with van der Waals surface area (Å²) in [7, 11) is 3.87. The Labute approximate surface area is 107 Å². The van der Waals surface area contributed by atoms with Crippen LogP contribution in [0.1, 0.15) is 30.4 Å². The van der Waals surface area contributed by atoms with Crippen LogP contribution in [0.3, 0.4) is 0 Å². The summed E-state index contributed by atoms with van der Waals surface area (Å²) in [5.41, 5.74) is 0.0666. The van der Waals surface area contributed by atoms with Crippen LogP contribution < -0.4 is 10.9 Å². The largest absolute Gasteiger partial charge is 0.349 e. The molecule has 0 aromatic carbocycles. The third-order valence-corrected chi connectivity index (χ3v) is 2.39. The summed E-state index contributed by atoms with van der Waals surface area (Å²) < 4.78 is 1.31. The normalized spacial score (nSPS) is 11.0. The number of hydrogen-bond donors (Lipinski definition) is 1. The van der Waals surface area contributed by atoms with Gasteiger partial charge in [-0.25, -0.2) is 4.68 Å². The lowest BCUT2D eigenvalue weighted by atomic mass is 10.3. The molecule has 1 rings (SSSR count). The molecule has 0 fully saturated rings. The number of hydrogen-bond acceptors (Lipinski definition) is 4. The SMILES string of the molecule is CC(C)n1nc(C(=O)NCCN(C)C)ccc1=O. The molecule has 0 saturated heterocycles. The highest BCUT2D eigenvalue weighted by atomic mass is 16.2. The molecule has 1 aromatic heterocycles. The van der Waals surface area contributed by atoms with Gasteiger partial charge in [-0.15, -0.1) is 0 Å². The summed E-state index contributed by atoms with van der Waals surface area (Å²) in [5.74, 6) is -0.258. The number of nitrogens with zero attached hydrogens (tertiary/aromatic N) is 3. The fraction of sp³-hybridized carbons (Fsp3) is 0.583. The summed E-state index contributed by atoms with van der Waals surface area (Å²) >= 11 is 0. The van der Waals surface area contributed by atoms with Crippen LogP contribution in [0.2, 0.25) is 0 Å². The summed E-state index contributed by atoms with van der Waals surface area (Å²) in [6.07, 6.45) is 0. The van der Waals surface area contributed by atoms with Crippen molar-refractivity contribution in [3.63, 3.8) is 0 Å². The van der Waals surface area contributed by atoms with Gasteiger partial charge in [0, 0.05) is 19.2 Å². The van der Waals surface area contributed by atoms with E-state index in [9.17, 15) is 9.59 Å². The van der Waals surface area contributed by atoms with Crippen LogP contribution in [-0.2, 0) is 0 Å². The van der Waals surface area contributed by atoms with E-state index < -0.39 is 0 Å². The Kier molecular flexibility index (Phi) is 5.03. The second-order valence-corrected chi connectivity index (χ2v) is 4.65. The number of rotatable bonds is 5. The van der Waals surface area contributed by atoms with Crippen molar-refractivity contribution in [1.82, 2.24) is 20.0 Å². The van der Waals surface area contributed by atoms with E-state index in [2.05, 4.69) is 10.4 Å². The minimum Gasteiger partial charge on any atom is -0.349 e. The van der Waals surface area contributed by atoms with Crippen LogP contribution in [0.25, 0.3) is 0 Å². The number of carbonyl (C=O) groups excluding carboxylic acids is 1. The molecule has 0 atom stereocenters. The van der Waals surface area contributed by atoms with Gasteiger partial charge in [0.05, 0.1) is 6.04 Å². The van der Waals surface area contributed by atoms with E-state index in [-0.39, 0.29) is 23.2 Å². The highest BCUT2D eigenvalue weighted by Gasteiger charge is 2.10. The number of amides is 1. The average Bonchev–Trinajstić information content (AvgIpc) is 2.28. The quantitative estimate of drug-likeness (QED) is 0.808. The monoisotopic (exact) mass is 252 g/mol.